The van der Waals surface area contributed by atoms with Crippen molar-refractivity contribution >= 4 is 17.3 Å². The molecule has 1 heterocycles. The van der Waals surface area contributed by atoms with Crippen LogP contribution in [0.5, 0.6) is 0 Å². The van der Waals surface area contributed by atoms with Gasteiger partial charge in [-0.25, -0.2) is 0 Å². The highest BCUT2D eigenvalue weighted by Gasteiger charge is 2.22. The van der Waals surface area contributed by atoms with Crippen LogP contribution in [0.15, 0.2) is 18.2 Å². The van der Waals surface area contributed by atoms with Crippen LogP contribution in [0.3, 0.4) is 0 Å². The van der Waals surface area contributed by atoms with Gasteiger partial charge in [-0.2, -0.15) is 0 Å². The van der Waals surface area contributed by atoms with Gasteiger partial charge in [-0.15, -0.1) is 0 Å². The molecule has 26 heavy (non-hydrogen) atoms. The molecule has 1 N–H and O–H groups in total. The highest BCUT2D eigenvalue weighted by atomic mass is 16.6. The van der Waals surface area contributed by atoms with Crippen molar-refractivity contribution in [2.24, 2.45) is 5.92 Å². The molecule has 1 aromatic rings. The zero-order chi connectivity index (χ0) is 18.4. The van der Waals surface area contributed by atoms with Crippen molar-refractivity contribution in [2.45, 2.75) is 38.5 Å². The maximum Gasteiger partial charge on any atom is 0.293 e. The lowest BCUT2D eigenvalue weighted by molar-refractivity contribution is -0.384. The lowest BCUT2D eigenvalue weighted by atomic mass is 10.0. The number of nitrogens with zero attached hydrogens (tertiary/aromatic N) is 2. The molecule has 7 nitrogen and oxygen atoms in total. The smallest absolute Gasteiger partial charge is 0.293 e. The Morgan fingerprint density at radius 1 is 1.27 bits per heavy atom. The Balaban J connectivity index is 1.60. The van der Waals surface area contributed by atoms with E-state index in [1.54, 1.807) is 17.0 Å². The highest BCUT2D eigenvalue weighted by Crippen LogP contribution is 2.29. The first-order valence-corrected chi connectivity index (χ1v) is 9.54. The summed E-state index contributed by atoms with van der Waals surface area (Å²) in [6.45, 7) is 2.78. The van der Waals surface area contributed by atoms with Crippen molar-refractivity contribution in [3.63, 3.8) is 0 Å². The van der Waals surface area contributed by atoms with Crippen molar-refractivity contribution in [3.8, 4) is 0 Å². The first-order chi connectivity index (χ1) is 12.6. The second-order valence-electron chi connectivity index (χ2n) is 7.11. The Kier molecular flexibility index (Phi) is 6.44. The number of ether oxygens (including phenoxy) is 1. The normalized spacial score (nSPS) is 18.1. The standard InChI is InChI=1S/C19H27N3O4/c23-19(21-10-12-26-13-11-21)16-7-8-17(18(14-16)22(24)25)20-9-3-6-15-4-1-2-5-15/h7-8,14-15,20H,1-6,9-13H2. The number of hydrogen-bond acceptors (Lipinski definition) is 5. The van der Waals surface area contributed by atoms with Crippen LogP contribution >= 0.6 is 0 Å². The first-order valence-electron chi connectivity index (χ1n) is 9.54. The monoisotopic (exact) mass is 361 g/mol. The maximum atomic E-state index is 12.5. The van der Waals surface area contributed by atoms with Crippen LogP contribution in [-0.4, -0.2) is 48.6 Å². The van der Waals surface area contributed by atoms with E-state index in [2.05, 4.69) is 5.32 Å². The number of anilines is 1. The van der Waals surface area contributed by atoms with Crippen LogP contribution in [0.4, 0.5) is 11.4 Å². The molecule has 2 fully saturated rings. The van der Waals surface area contributed by atoms with Crippen molar-refractivity contribution in [2.75, 3.05) is 38.2 Å². The molecule has 1 aliphatic carbocycles. The summed E-state index contributed by atoms with van der Waals surface area (Å²) in [6, 6.07) is 4.71. The third-order valence-electron chi connectivity index (χ3n) is 5.32. The SMILES string of the molecule is O=C(c1ccc(NCCCC2CCCC2)c([N+](=O)[O-])c1)N1CCOCC1. The number of nitro benzene ring substituents is 1. The van der Waals surface area contributed by atoms with Crippen LogP contribution < -0.4 is 5.32 Å². The van der Waals surface area contributed by atoms with Crippen LogP contribution in [-0.2, 0) is 4.74 Å². The van der Waals surface area contributed by atoms with E-state index < -0.39 is 4.92 Å². The molecule has 0 spiro atoms. The summed E-state index contributed by atoms with van der Waals surface area (Å²) >= 11 is 0. The molecule has 1 aromatic carbocycles. The second-order valence-corrected chi connectivity index (χ2v) is 7.11. The van der Waals surface area contributed by atoms with Crippen molar-refractivity contribution in [3.05, 3.63) is 33.9 Å². The Labute approximate surface area is 153 Å². The summed E-state index contributed by atoms with van der Waals surface area (Å²) < 4.78 is 5.25. The number of carbonyl (C=O) groups excluding carboxylic acids is 1. The molecule has 0 bridgehead atoms. The van der Waals surface area contributed by atoms with Gasteiger partial charge in [0.1, 0.15) is 5.69 Å². The van der Waals surface area contributed by atoms with Gasteiger partial charge in [-0.3, -0.25) is 14.9 Å². The Hall–Kier alpha value is -2.15. The van der Waals surface area contributed by atoms with Gasteiger partial charge in [-0.1, -0.05) is 25.7 Å². The largest absolute Gasteiger partial charge is 0.379 e. The summed E-state index contributed by atoms with van der Waals surface area (Å²) in [6.07, 6.45) is 7.49. The minimum Gasteiger partial charge on any atom is -0.379 e. The summed E-state index contributed by atoms with van der Waals surface area (Å²) in [5.74, 6) is 0.643. The van der Waals surface area contributed by atoms with E-state index in [1.807, 2.05) is 0 Å². The molecule has 2 aliphatic rings. The van der Waals surface area contributed by atoms with Gasteiger partial charge >= 0.3 is 0 Å². The van der Waals surface area contributed by atoms with Crippen LogP contribution in [0.25, 0.3) is 0 Å². The van der Waals surface area contributed by atoms with E-state index in [9.17, 15) is 14.9 Å². The maximum absolute atomic E-state index is 12.5. The third-order valence-corrected chi connectivity index (χ3v) is 5.32. The van der Waals surface area contributed by atoms with Gasteiger partial charge in [0.05, 0.1) is 18.1 Å². The minimum absolute atomic E-state index is 0.0371. The molecule has 1 amide bonds. The predicted molar refractivity (Wildman–Crippen MR) is 99.5 cm³/mol. The molecule has 1 aliphatic heterocycles. The molecule has 3 rings (SSSR count). The van der Waals surface area contributed by atoms with Crippen LogP contribution in [0.2, 0.25) is 0 Å². The molecule has 1 saturated heterocycles. The molecular formula is C19H27N3O4. The number of carbonyl (C=O) groups is 1. The molecule has 0 unspecified atom stereocenters. The second kappa shape index (κ2) is 8.98. The average Bonchev–Trinajstić information content (AvgIpc) is 3.19. The summed E-state index contributed by atoms with van der Waals surface area (Å²) in [7, 11) is 0. The lowest BCUT2D eigenvalue weighted by Crippen LogP contribution is -2.40. The quantitative estimate of drug-likeness (QED) is 0.457. The summed E-state index contributed by atoms with van der Waals surface area (Å²) in [4.78, 5) is 25.2. The molecule has 142 valence electrons. The Morgan fingerprint density at radius 2 is 2.00 bits per heavy atom. The molecule has 0 atom stereocenters. The fraction of sp³-hybridized carbons (Fsp3) is 0.632. The summed E-state index contributed by atoms with van der Waals surface area (Å²) in [5.41, 5.74) is 0.806. The average molecular weight is 361 g/mol. The van der Waals surface area contributed by atoms with Gasteiger partial charge < -0.3 is 15.0 Å². The number of nitro groups is 1. The number of amides is 1. The van der Waals surface area contributed by atoms with Crippen molar-refractivity contribution in [1.82, 2.24) is 4.90 Å². The van der Waals surface area contributed by atoms with Gasteiger partial charge in [0.25, 0.3) is 11.6 Å². The molecule has 0 radical (unpaired) electrons. The van der Waals surface area contributed by atoms with E-state index >= 15 is 0 Å². The van der Waals surface area contributed by atoms with Crippen LogP contribution in [0.1, 0.15) is 48.9 Å². The number of morpholine rings is 1. The van der Waals surface area contributed by atoms with Gasteiger partial charge in [-0.05, 0) is 30.9 Å². The lowest BCUT2D eigenvalue weighted by Gasteiger charge is -2.26. The number of nitrogens with one attached hydrogen (secondary N) is 1. The third kappa shape index (κ3) is 4.72. The van der Waals surface area contributed by atoms with Crippen molar-refractivity contribution in [1.29, 1.82) is 0 Å². The van der Waals surface area contributed by atoms with Gasteiger partial charge in [0, 0.05) is 31.3 Å². The predicted octanol–water partition coefficient (Wildman–Crippen LogP) is 3.45. The molecule has 0 aromatic heterocycles. The Bertz CT molecular complexity index is 638. The topological polar surface area (TPSA) is 84.7 Å². The van der Waals surface area contributed by atoms with Gasteiger partial charge in [0.2, 0.25) is 0 Å². The highest BCUT2D eigenvalue weighted by molar-refractivity contribution is 5.95. The molecular weight excluding hydrogens is 334 g/mol. The summed E-state index contributed by atoms with van der Waals surface area (Å²) in [5, 5.41) is 14.6. The van der Waals surface area contributed by atoms with E-state index in [4.69, 9.17) is 4.74 Å². The number of rotatable bonds is 7. The van der Waals surface area contributed by atoms with Crippen molar-refractivity contribution < 1.29 is 14.5 Å². The number of benzene rings is 1. The fourth-order valence-corrected chi connectivity index (χ4v) is 3.83. The minimum atomic E-state index is -0.421. The van der Waals surface area contributed by atoms with Gasteiger partial charge in [0.15, 0.2) is 0 Å². The zero-order valence-corrected chi connectivity index (χ0v) is 15.1. The van der Waals surface area contributed by atoms with E-state index in [0.717, 1.165) is 12.3 Å². The first kappa shape index (κ1) is 18.6. The zero-order valence-electron chi connectivity index (χ0n) is 15.1. The van der Waals surface area contributed by atoms with E-state index in [-0.39, 0.29) is 11.6 Å². The molecule has 1 saturated carbocycles. The number of hydrogen-bond donors (Lipinski definition) is 1. The fourth-order valence-electron chi connectivity index (χ4n) is 3.83. The Morgan fingerprint density at radius 3 is 2.69 bits per heavy atom. The van der Waals surface area contributed by atoms with Crippen LogP contribution in [0, 0.1) is 16.0 Å². The van der Waals surface area contributed by atoms with E-state index in [1.165, 1.54) is 38.2 Å². The molecule has 7 heteroatoms. The van der Waals surface area contributed by atoms with E-state index in [0.29, 0.717) is 44.1 Å².